The fourth-order valence-corrected chi connectivity index (χ4v) is 1.93. The standard InChI is InChI=1S/C11H20N2O4/c1-7-5-12-6-8(7)10(14)13-9(11(15)16)3-4-17-2/h7-9,12H,3-6H2,1-2H3,(H,13,14)(H,15,16). The van der Waals surface area contributed by atoms with E-state index in [9.17, 15) is 9.59 Å². The summed E-state index contributed by atoms with van der Waals surface area (Å²) in [7, 11) is 1.50. The zero-order chi connectivity index (χ0) is 12.8. The Morgan fingerprint density at radius 1 is 1.53 bits per heavy atom. The van der Waals surface area contributed by atoms with Crippen molar-refractivity contribution in [3.8, 4) is 0 Å². The Kier molecular flexibility index (Phi) is 5.37. The van der Waals surface area contributed by atoms with E-state index in [1.807, 2.05) is 6.92 Å². The Morgan fingerprint density at radius 3 is 2.71 bits per heavy atom. The minimum absolute atomic E-state index is 0.139. The number of carbonyl (C=O) groups is 2. The number of methoxy groups -OCH3 is 1. The quantitative estimate of drug-likeness (QED) is 0.583. The van der Waals surface area contributed by atoms with Crippen molar-refractivity contribution in [2.24, 2.45) is 11.8 Å². The third kappa shape index (κ3) is 3.98. The van der Waals surface area contributed by atoms with Gasteiger partial charge < -0.3 is 20.5 Å². The van der Waals surface area contributed by atoms with Gasteiger partial charge in [-0.25, -0.2) is 4.79 Å². The van der Waals surface area contributed by atoms with Gasteiger partial charge in [0.15, 0.2) is 0 Å². The first-order valence-corrected chi connectivity index (χ1v) is 5.79. The zero-order valence-corrected chi connectivity index (χ0v) is 10.2. The summed E-state index contributed by atoms with van der Waals surface area (Å²) >= 11 is 0. The molecule has 3 atom stereocenters. The first-order valence-electron chi connectivity index (χ1n) is 5.79. The number of carboxylic acids is 1. The number of ether oxygens (including phenoxy) is 1. The maximum atomic E-state index is 11.9. The van der Waals surface area contributed by atoms with E-state index in [1.54, 1.807) is 0 Å². The van der Waals surface area contributed by atoms with Crippen molar-refractivity contribution in [3.63, 3.8) is 0 Å². The van der Waals surface area contributed by atoms with E-state index in [2.05, 4.69) is 10.6 Å². The lowest BCUT2D eigenvalue weighted by molar-refractivity contribution is -0.143. The second-order valence-corrected chi connectivity index (χ2v) is 4.42. The van der Waals surface area contributed by atoms with Crippen LogP contribution >= 0.6 is 0 Å². The van der Waals surface area contributed by atoms with Crippen LogP contribution in [0.3, 0.4) is 0 Å². The number of carbonyl (C=O) groups excluding carboxylic acids is 1. The highest BCUT2D eigenvalue weighted by atomic mass is 16.5. The molecule has 0 aliphatic carbocycles. The lowest BCUT2D eigenvalue weighted by Crippen LogP contribution is -2.45. The summed E-state index contributed by atoms with van der Waals surface area (Å²) in [6.07, 6.45) is 0.284. The highest BCUT2D eigenvalue weighted by molar-refractivity contribution is 5.85. The Bertz CT molecular complexity index is 283. The molecule has 1 aliphatic heterocycles. The molecule has 0 aromatic carbocycles. The van der Waals surface area contributed by atoms with E-state index in [1.165, 1.54) is 7.11 Å². The van der Waals surface area contributed by atoms with E-state index in [4.69, 9.17) is 9.84 Å². The van der Waals surface area contributed by atoms with Gasteiger partial charge in [0.25, 0.3) is 0 Å². The van der Waals surface area contributed by atoms with Crippen molar-refractivity contribution in [3.05, 3.63) is 0 Å². The molecule has 17 heavy (non-hydrogen) atoms. The van der Waals surface area contributed by atoms with Crippen LogP contribution in [0, 0.1) is 11.8 Å². The van der Waals surface area contributed by atoms with Gasteiger partial charge in [0, 0.05) is 26.7 Å². The predicted molar refractivity (Wildman–Crippen MR) is 61.6 cm³/mol. The smallest absolute Gasteiger partial charge is 0.326 e. The van der Waals surface area contributed by atoms with E-state index >= 15 is 0 Å². The maximum Gasteiger partial charge on any atom is 0.326 e. The van der Waals surface area contributed by atoms with Crippen molar-refractivity contribution in [2.45, 2.75) is 19.4 Å². The molecule has 1 saturated heterocycles. The van der Waals surface area contributed by atoms with Gasteiger partial charge in [-0.05, 0) is 12.5 Å². The summed E-state index contributed by atoms with van der Waals surface area (Å²) in [5.74, 6) is -1.11. The summed E-state index contributed by atoms with van der Waals surface area (Å²) in [5.41, 5.74) is 0. The third-order valence-corrected chi connectivity index (χ3v) is 3.08. The number of nitrogens with one attached hydrogen (secondary N) is 2. The zero-order valence-electron chi connectivity index (χ0n) is 10.2. The number of aliphatic carboxylic acids is 1. The lowest BCUT2D eigenvalue weighted by Gasteiger charge is -2.18. The van der Waals surface area contributed by atoms with Crippen molar-refractivity contribution in [2.75, 3.05) is 26.8 Å². The van der Waals surface area contributed by atoms with Crippen molar-refractivity contribution >= 4 is 11.9 Å². The monoisotopic (exact) mass is 244 g/mol. The van der Waals surface area contributed by atoms with Crippen LogP contribution < -0.4 is 10.6 Å². The minimum atomic E-state index is -1.02. The van der Waals surface area contributed by atoms with Gasteiger partial charge in [-0.2, -0.15) is 0 Å². The fraction of sp³-hybridized carbons (Fsp3) is 0.818. The maximum absolute atomic E-state index is 11.9. The number of amides is 1. The van der Waals surface area contributed by atoms with E-state index < -0.39 is 12.0 Å². The van der Waals surface area contributed by atoms with Gasteiger partial charge >= 0.3 is 5.97 Å². The van der Waals surface area contributed by atoms with Gasteiger partial charge in [-0.15, -0.1) is 0 Å². The number of hydrogen-bond donors (Lipinski definition) is 3. The van der Waals surface area contributed by atoms with Crippen LogP contribution in [-0.2, 0) is 14.3 Å². The topological polar surface area (TPSA) is 87.7 Å². The molecule has 0 saturated carbocycles. The Balaban J connectivity index is 2.48. The molecule has 0 aromatic rings. The first-order chi connectivity index (χ1) is 8.06. The van der Waals surface area contributed by atoms with E-state index in [-0.39, 0.29) is 24.2 Å². The lowest BCUT2D eigenvalue weighted by atomic mass is 9.97. The summed E-state index contributed by atoms with van der Waals surface area (Å²) in [6, 6.07) is -0.866. The number of carboxylic acid groups (broad SMARTS) is 1. The van der Waals surface area contributed by atoms with Gasteiger partial charge in [0.05, 0.1) is 5.92 Å². The van der Waals surface area contributed by atoms with E-state index in [0.29, 0.717) is 13.2 Å². The molecule has 1 amide bonds. The highest BCUT2D eigenvalue weighted by Gasteiger charge is 2.31. The molecule has 0 bridgehead atoms. The highest BCUT2D eigenvalue weighted by Crippen LogP contribution is 2.16. The van der Waals surface area contributed by atoms with Crippen molar-refractivity contribution < 1.29 is 19.4 Å². The Morgan fingerprint density at radius 2 is 2.24 bits per heavy atom. The molecular formula is C11H20N2O4. The molecule has 6 nitrogen and oxygen atoms in total. The van der Waals surface area contributed by atoms with E-state index in [0.717, 1.165) is 6.54 Å². The van der Waals surface area contributed by atoms with Gasteiger partial charge in [0.1, 0.15) is 6.04 Å². The number of hydrogen-bond acceptors (Lipinski definition) is 4. The number of rotatable bonds is 6. The molecule has 3 unspecified atom stereocenters. The molecule has 1 rings (SSSR count). The molecule has 0 radical (unpaired) electrons. The molecular weight excluding hydrogens is 224 g/mol. The normalized spacial score (nSPS) is 25.5. The van der Waals surface area contributed by atoms with Crippen molar-refractivity contribution in [1.82, 2.24) is 10.6 Å². The van der Waals surface area contributed by atoms with Crippen LogP contribution in [0.25, 0.3) is 0 Å². The van der Waals surface area contributed by atoms with Crippen LogP contribution in [0.4, 0.5) is 0 Å². The summed E-state index contributed by atoms with van der Waals surface area (Å²) in [5, 5.41) is 14.7. The summed E-state index contributed by atoms with van der Waals surface area (Å²) < 4.78 is 4.82. The molecule has 1 fully saturated rings. The summed E-state index contributed by atoms with van der Waals surface area (Å²) in [4.78, 5) is 22.8. The fourth-order valence-electron chi connectivity index (χ4n) is 1.93. The average molecular weight is 244 g/mol. The molecule has 1 heterocycles. The minimum Gasteiger partial charge on any atom is -0.480 e. The van der Waals surface area contributed by atoms with Crippen LogP contribution in [0.2, 0.25) is 0 Å². The third-order valence-electron chi connectivity index (χ3n) is 3.08. The largest absolute Gasteiger partial charge is 0.480 e. The SMILES string of the molecule is COCCC(NC(=O)C1CNCC1C)C(=O)O. The van der Waals surface area contributed by atoms with Crippen molar-refractivity contribution in [1.29, 1.82) is 0 Å². The molecule has 6 heteroatoms. The molecule has 0 aromatic heterocycles. The molecule has 98 valence electrons. The second-order valence-electron chi connectivity index (χ2n) is 4.42. The van der Waals surface area contributed by atoms with Gasteiger partial charge in [-0.3, -0.25) is 4.79 Å². The van der Waals surface area contributed by atoms with Gasteiger partial charge in [-0.1, -0.05) is 6.92 Å². The van der Waals surface area contributed by atoms with Crippen LogP contribution in [0.1, 0.15) is 13.3 Å². The van der Waals surface area contributed by atoms with Crippen LogP contribution in [0.5, 0.6) is 0 Å². The Labute approximate surface area is 101 Å². The Hall–Kier alpha value is -1.14. The molecule has 1 aliphatic rings. The van der Waals surface area contributed by atoms with Crippen LogP contribution in [-0.4, -0.2) is 49.8 Å². The molecule has 0 spiro atoms. The predicted octanol–water partition coefficient (Wildman–Crippen LogP) is -0.552. The molecule has 3 N–H and O–H groups in total. The first kappa shape index (κ1) is 13.9. The van der Waals surface area contributed by atoms with Gasteiger partial charge in [0.2, 0.25) is 5.91 Å². The second kappa shape index (κ2) is 6.56. The van der Waals surface area contributed by atoms with Crippen LogP contribution in [0.15, 0.2) is 0 Å². The average Bonchev–Trinajstić information content (AvgIpc) is 2.70. The summed E-state index contributed by atoms with van der Waals surface area (Å²) in [6.45, 7) is 3.71.